The highest BCUT2D eigenvalue weighted by Gasteiger charge is 2.13. The van der Waals surface area contributed by atoms with E-state index in [1.54, 1.807) is 17.8 Å². The van der Waals surface area contributed by atoms with Gasteiger partial charge in [0.15, 0.2) is 0 Å². The Kier molecular flexibility index (Phi) is 3.98. The zero-order valence-corrected chi connectivity index (χ0v) is 13.1. The van der Waals surface area contributed by atoms with Gasteiger partial charge in [0.1, 0.15) is 10.7 Å². The van der Waals surface area contributed by atoms with Gasteiger partial charge in [-0.25, -0.2) is 4.98 Å². The number of hydrogen-bond acceptors (Lipinski definition) is 4. The van der Waals surface area contributed by atoms with Crippen molar-refractivity contribution < 1.29 is 4.79 Å². The van der Waals surface area contributed by atoms with Crippen LogP contribution in [0.2, 0.25) is 0 Å². The van der Waals surface area contributed by atoms with E-state index >= 15 is 0 Å². The average molecular weight is 309 g/mol. The molecule has 22 heavy (non-hydrogen) atoms. The maximum atomic E-state index is 12.3. The van der Waals surface area contributed by atoms with Gasteiger partial charge < -0.3 is 5.32 Å². The molecule has 0 saturated heterocycles. The molecule has 110 valence electrons. The molecule has 4 nitrogen and oxygen atoms in total. The fourth-order valence-corrected chi connectivity index (χ4v) is 2.95. The Morgan fingerprint density at radius 1 is 1.14 bits per heavy atom. The quantitative estimate of drug-likeness (QED) is 0.793. The maximum absolute atomic E-state index is 12.3. The number of rotatable bonds is 3. The molecule has 1 aromatic carbocycles. The predicted octanol–water partition coefficient (Wildman–Crippen LogP) is 4.07. The van der Waals surface area contributed by atoms with Gasteiger partial charge in [-0.15, -0.1) is 11.3 Å². The van der Waals surface area contributed by atoms with E-state index in [1.807, 2.05) is 44.2 Å². The number of pyridine rings is 1. The second-order valence-electron chi connectivity index (χ2n) is 5.05. The number of anilines is 1. The van der Waals surface area contributed by atoms with Gasteiger partial charge in [0.05, 0.1) is 0 Å². The van der Waals surface area contributed by atoms with Crippen molar-refractivity contribution in [1.82, 2.24) is 9.97 Å². The van der Waals surface area contributed by atoms with E-state index in [1.165, 1.54) is 16.9 Å². The second-order valence-corrected chi connectivity index (χ2v) is 5.90. The molecule has 1 N–H and O–H groups in total. The molecule has 2 heterocycles. The minimum atomic E-state index is -0.191. The third-order valence-electron chi connectivity index (χ3n) is 3.29. The molecule has 3 rings (SSSR count). The minimum absolute atomic E-state index is 0.191. The van der Waals surface area contributed by atoms with Gasteiger partial charge in [0.2, 0.25) is 0 Å². The monoisotopic (exact) mass is 309 g/mol. The lowest BCUT2D eigenvalue weighted by atomic mass is 10.1. The van der Waals surface area contributed by atoms with E-state index in [4.69, 9.17) is 0 Å². The molecule has 0 radical (unpaired) electrons. The van der Waals surface area contributed by atoms with Crippen LogP contribution in [-0.4, -0.2) is 15.9 Å². The molecule has 1 amide bonds. The summed E-state index contributed by atoms with van der Waals surface area (Å²) in [5.41, 5.74) is 4.42. The number of thiazole rings is 1. The van der Waals surface area contributed by atoms with Crippen molar-refractivity contribution in [2.45, 2.75) is 13.8 Å². The van der Waals surface area contributed by atoms with Crippen LogP contribution in [0.15, 0.2) is 48.1 Å². The first kappa shape index (κ1) is 14.4. The summed E-state index contributed by atoms with van der Waals surface area (Å²) in [5.74, 6) is -0.191. The number of amides is 1. The topological polar surface area (TPSA) is 54.9 Å². The number of nitrogens with one attached hydrogen (secondary N) is 1. The number of hydrogen-bond donors (Lipinski definition) is 1. The molecular weight excluding hydrogens is 294 g/mol. The lowest BCUT2D eigenvalue weighted by Crippen LogP contribution is -2.13. The Morgan fingerprint density at radius 2 is 1.91 bits per heavy atom. The van der Waals surface area contributed by atoms with Crippen molar-refractivity contribution in [1.29, 1.82) is 0 Å². The summed E-state index contributed by atoms with van der Waals surface area (Å²) in [7, 11) is 0. The molecule has 0 aliphatic carbocycles. The van der Waals surface area contributed by atoms with Gasteiger partial charge in [-0.1, -0.05) is 17.7 Å². The number of nitrogens with zero attached hydrogens (tertiary/aromatic N) is 2. The molecular formula is C17H15N3OS. The molecule has 0 bridgehead atoms. The van der Waals surface area contributed by atoms with Gasteiger partial charge in [0.25, 0.3) is 5.91 Å². The molecule has 0 aliphatic heterocycles. The fraction of sp³-hybridized carbons (Fsp3) is 0.118. The molecule has 0 saturated carbocycles. The standard InChI is InChI=1S/C17H15N3OS/c1-11-3-4-14(12(2)9-11)19-16(21)15-10-22-17(20-15)13-5-7-18-8-6-13/h3-10H,1-2H3,(H,19,21). The molecule has 0 aliphatic rings. The summed E-state index contributed by atoms with van der Waals surface area (Å²) in [6, 6.07) is 9.69. The Hall–Kier alpha value is -2.53. The molecule has 2 aromatic heterocycles. The van der Waals surface area contributed by atoms with E-state index in [0.717, 1.165) is 21.8 Å². The van der Waals surface area contributed by atoms with Crippen LogP contribution in [0.5, 0.6) is 0 Å². The zero-order chi connectivity index (χ0) is 15.5. The maximum Gasteiger partial charge on any atom is 0.275 e. The van der Waals surface area contributed by atoms with Crippen molar-refractivity contribution in [3.05, 3.63) is 64.9 Å². The van der Waals surface area contributed by atoms with E-state index < -0.39 is 0 Å². The van der Waals surface area contributed by atoms with Crippen LogP contribution in [-0.2, 0) is 0 Å². The lowest BCUT2D eigenvalue weighted by Gasteiger charge is -2.07. The summed E-state index contributed by atoms with van der Waals surface area (Å²) in [6.07, 6.45) is 3.43. The molecule has 5 heteroatoms. The van der Waals surface area contributed by atoms with Crippen molar-refractivity contribution in [2.24, 2.45) is 0 Å². The predicted molar refractivity (Wildman–Crippen MR) is 89.2 cm³/mol. The van der Waals surface area contributed by atoms with Crippen LogP contribution in [0.25, 0.3) is 10.6 Å². The van der Waals surface area contributed by atoms with Crippen molar-refractivity contribution >= 4 is 22.9 Å². The van der Waals surface area contributed by atoms with Crippen LogP contribution in [0.1, 0.15) is 21.6 Å². The van der Waals surface area contributed by atoms with Crippen LogP contribution < -0.4 is 5.32 Å². The van der Waals surface area contributed by atoms with Gasteiger partial charge in [-0.3, -0.25) is 9.78 Å². The smallest absolute Gasteiger partial charge is 0.275 e. The van der Waals surface area contributed by atoms with Gasteiger partial charge >= 0.3 is 0 Å². The third kappa shape index (κ3) is 3.04. The Bertz CT molecular complexity index is 812. The van der Waals surface area contributed by atoms with E-state index in [2.05, 4.69) is 15.3 Å². The summed E-state index contributed by atoms with van der Waals surface area (Å²) in [6.45, 7) is 4.01. The lowest BCUT2D eigenvalue weighted by molar-refractivity contribution is 0.102. The first-order valence-electron chi connectivity index (χ1n) is 6.88. The number of benzene rings is 1. The fourth-order valence-electron chi connectivity index (χ4n) is 2.15. The highest BCUT2D eigenvalue weighted by molar-refractivity contribution is 7.13. The average Bonchev–Trinajstić information content (AvgIpc) is 3.01. The Labute approximate surface area is 132 Å². The third-order valence-corrected chi connectivity index (χ3v) is 4.19. The molecule has 0 spiro atoms. The zero-order valence-electron chi connectivity index (χ0n) is 12.3. The highest BCUT2D eigenvalue weighted by atomic mass is 32.1. The summed E-state index contributed by atoms with van der Waals surface area (Å²) < 4.78 is 0. The molecule has 0 unspecified atom stereocenters. The number of carbonyl (C=O) groups is 1. The highest BCUT2D eigenvalue weighted by Crippen LogP contribution is 2.24. The number of aromatic nitrogens is 2. The second kappa shape index (κ2) is 6.07. The van der Waals surface area contributed by atoms with Crippen molar-refractivity contribution in [3.63, 3.8) is 0 Å². The normalized spacial score (nSPS) is 10.5. The van der Waals surface area contributed by atoms with Crippen LogP contribution in [0, 0.1) is 13.8 Å². The Morgan fingerprint density at radius 3 is 2.64 bits per heavy atom. The van der Waals surface area contributed by atoms with Crippen LogP contribution >= 0.6 is 11.3 Å². The molecule has 0 atom stereocenters. The summed E-state index contributed by atoms with van der Waals surface area (Å²) in [4.78, 5) is 20.7. The minimum Gasteiger partial charge on any atom is -0.320 e. The van der Waals surface area contributed by atoms with Gasteiger partial charge in [-0.05, 0) is 37.6 Å². The number of aryl methyl sites for hydroxylation is 2. The van der Waals surface area contributed by atoms with Crippen LogP contribution in [0.3, 0.4) is 0 Å². The van der Waals surface area contributed by atoms with E-state index in [0.29, 0.717) is 5.69 Å². The van der Waals surface area contributed by atoms with E-state index in [-0.39, 0.29) is 5.91 Å². The Balaban J connectivity index is 1.80. The van der Waals surface area contributed by atoms with Crippen molar-refractivity contribution in [3.8, 4) is 10.6 Å². The molecule has 0 fully saturated rings. The first-order valence-corrected chi connectivity index (χ1v) is 7.76. The largest absolute Gasteiger partial charge is 0.320 e. The van der Waals surface area contributed by atoms with E-state index in [9.17, 15) is 4.79 Å². The van der Waals surface area contributed by atoms with Gasteiger partial charge in [0, 0.05) is 29.0 Å². The summed E-state index contributed by atoms with van der Waals surface area (Å²) >= 11 is 1.45. The van der Waals surface area contributed by atoms with Gasteiger partial charge in [-0.2, -0.15) is 0 Å². The summed E-state index contributed by atoms with van der Waals surface area (Å²) in [5, 5.41) is 5.50. The molecule has 3 aromatic rings. The SMILES string of the molecule is Cc1ccc(NC(=O)c2csc(-c3ccncc3)n2)c(C)c1. The van der Waals surface area contributed by atoms with Crippen molar-refractivity contribution in [2.75, 3.05) is 5.32 Å². The number of carbonyl (C=O) groups excluding carboxylic acids is 1. The first-order chi connectivity index (χ1) is 10.6. The van der Waals surface area contributed by atoms with Crippen LogP contribution in [0.4, 0.5) is 5.69 Å².